The molecule has 110 valence electrons. The second kappa shape index (κ2) is 5.89. The van der Waals surface area contributed by atoms with E-state index in [1.807, 2.05) is 12.1 Å². The van der Waals surface area contributed by atoms with E-state index in [2.05, 4.69) is 5.43 Å². The molecule has 0 saturated carbocycles. The van der Waals surface area contributed by atoms with Gasteiger partial charge in [0.25, 0.3) is 0 Å². The molecule has 1 aliphatic rings. The number of rotatable bonds is 3. The lowest BCUT2D eigenvalue weighted by molar-refractivity contribution is 0.171. The minimum atomic E-state index is -0.441. The number of ether oxygens (including phenoxy) is 2. The quantitative estimate of drug-likeness (QED) is 0.676. The molecule has 0 bridgehead atoms. The fourth-order valence-corrected chi connectivity index (χ4v) is 2.57. The molecule has 3 rings (SSSR count). The molecular weight excluding hydrogens is 295 g/mol. The largest absolute Gasteiger partial charge is 0.486 e. The van der Waals surface area contributed by atoms with Crippen LogP contribution in [-0.2, 0) is 0 Å². The Kier molecular flexibility index (Phi) is 3.96. The zero-order chi connectivity index (χ0) is 14.8. The van der Waals surface area contributed by atoms with Gasteiger partial charge < -0.3 is 9.47 Å². The van der Waals surface area contributed by atoms with Crippen molar-refractivity contribution in [2.45, 2.75) is 6.04 Å². The van der Waals surface area contributed by atoms with E-state index in [-0.39, 0.29) is 5.82 Å². The van der Waals surface area contributed by atoms with Gasteiger partial charge in [-0.15, -0.1) is 0 Å². The van der Waals surface area contributed by atoms with Crippen LogP contribution in [0.5, 0.6) is 11.5 Å². The molecule has 0 aromatic heterocycles. The first-order valence-corrected chi connectivity index (χ1v) is 6.87. The fraction of sp³-hybridized carbons (Fsp3) is 0.200. The number of benzene rings is 2. The van der Waals surface area contributed by atoms with Gasteiger partial charge in [0.05, 0.1) is 6.04 Å². The van der Waals surface area contributed by atoms with Crippen LogP contribution in [0.4, 0.5) is 4.39 Å². The third-order valence-electron chi connectivity index (χ3n) is 3.34. The maximum absolute atomic E-state index is 13.5. The van der Waals surface area contributed by atoms with Gasteiger partial charge >= 0.3 is 0 Å². The Balaban J connectivity index is 2.01. The first-order chi connectivity index (χ1) is 10.2. The minimum absolute atomic E-state index is 0.368. The van der Waals surface area contributed by atoms with Crippen LogP contribution < -0.4 is 20.7 Å². The topological polar surface area (TPSA) is 56.5 Å². The highest BCUT2D eigenvalue weighted by Gasteiger charge is 2.20. The van der Waals surface area contributed by atoms with E-state index in [0.29, 0.717) is 35.3 Å². The SMILES string of the molecule is NNC(c1ccc2c(c1)OCCO2)c1cc(F)ccc1Cl. The van der Waals surface area contributed by atoms with Crippen molar-refractivity contribution in [3.63, 3.8) is 0 Å². The van der Waals surface area contributed by atoms with Gasteiger partial charge in [-0.2, -0.15) is 0 Å². The molecule has 6 heteroatoms. The summed E-state index contributed by atoms with van der Waals surface area (Å²) in [5.74, 6) is 6.59. The fourth-order valence-electron chi connectivity index (χ4n) is 2.34. The summed E-state index contributed by atoms with van der Waals surface area (Å²) >= 11 is 6.14. The third kappa shape index (κ3) is 2.81. The molecular formula is C15H14ClFN2O2. The van der Waals surface area contributed by atoms with Crippen molar-refractivity contribution in [2.24, 2.45) is 5.84 Å². The Morgan fingerprint density at radius 3 is 2.62 bits per heavy atom. The number of hydrogen-bond donors (Lipinski definition) is 2. The Morgan fingerprint density at radius 1 is 1.10 bits per heavy atom. The monoisotopic (exact) mass is 308 g/mol. The first-order valence-electron chi connectivity index (χ1n) is 6.49. The van der Waals surface area contributed by atoms with Crippen molar-refractivity contribution in [3.05, 3.63) is 58.4 Å². The molecule has 2 aromatic carbocycles. The number of hydrogen-bond acceptors (Lipinski definition) is 4. The molecule has 1 heterocycles. The predicted octanol–water partition coefficient (Wildman–Crippen LogP) is 2.80. The summed E-state index contributed by atoms with van der Waals surface area (Å²) < 4.78 is 24.5. The van der Waals surface area contributed by atoms with Crippen LogP contribution >= 0.6 is 11.6 Å². The highest BCUT2D eigenvalue weighted by Crippen LogP contribution is 2.35. The number of nitrogens with one attached hydrogen (secondary N) is 1. The highest BCUT2D eigenvalue weighted by molar-refractivity contribution is 6.31. The maximum atomic E-state index is 13.5. The van der Waals surface area contributed by atoms with Gasteiger partial charge in [-0.05, 0) is 41.5 Å². The van der Waals surface area contributed by atoms with Crippen LogP contribution in [0.25, 0.3) is 0 Å². The molecule has 3 N–H and O–H groups in total. The van der Waals surface area contributed by atoms with Crippen molar-refractivity contribution in [1.82, 2.24) is 5.43 Å². The van der Waals surface area contributed by atoms with Crippen LogP contribution in [0.15, 0.2) is 36.4 Å². The molecule has 0 aliphatic carbocycles. The van der Waals surface area contributed by atoms with Gasteiger partial charge in [-0.3, -0.25) is 5.84 Å². The molecule has 0 saturated heterocycles. The van der Waals surface area contributed by atoms with Crippen molar-refractivity contribution >= 4 is 11.6 Å². The Morgan fingerprint density at radius 2 is 1.86 bits per heavy atom. The van der Waals surface area contributed by atoms with Crippen LogP contribution in [0.2, 0.25) is 5.02 Å². The summed E-state index contributed by atoms with van der Waals surface area (Å²) in [6, 6.07) is 9.21. The van der Waals surface area contributed by atoms with Crippen LogP contribution in [-0.4, -0.2) is 13.2 Å². The highest BCUT2D eigenvalue weighted by atomic mass is 35.5. The standard InChI is InChI=1S/C15H14ClFN2O2/c16-12-3-2-10(17)8-11(12)15(19-18)9-1-4-13-14(7-9)21-6-5-20-13/h1-4,7-8,15,19H,5-6,18H2. The summed E-state index contributed by atoms with van der Waals surface area (Å²) in [5.41, 5.74) is 4.04. The molecule has 0 amide bonds. The average molecular weight is 309 g/mol. The van der Waals surface area contributed by atoms with E-state index in [1.165, 1.54) is 18.2 Å². The van der Waals surface area contributed by atoms with E-state index >= 15 is 0 Å². The minimum Gasteiger partial charge on any atom is -0.486 e. The first kappa shape index (κ1) is 14.1. The zero-order valence-corrected chi connectivity index (χ0v) is 11.9. The Hall–Kier alpha value is -1.82. The second-order valence-electron chi connectivity index (χ2n) is 4.67. The lowest BCUT2D eigenvalue weighted by atomic mass is 9.98. The summed E-state index contributed by atoms with van der Waals surface area (Å²) in [5, 5.41) is 0.439. The normalized spacial score (nSPS) is 14.8. The molecule has 4 nitrogen and oxygen atoms in total. The molecule has 0 fully saturated rings. The average Bonchev–Trinajstić information content (AvgIpc) is 2.51. The van der Waals surface area contributed by atoms with Crippen molar-refractivity contribution in [3.8, 4) is 11.5 Å². The third-order valence-corrected chi connectivity index (χ3v) is 3.68. The van der Waals surface area contributed by atoms with Crippen LogP contribution in [0, 0.1) is 5.82 Å². The van der Waals surface area contributed by atoms with Crippen molar-refractivity contribution in [2.75, 3.05) is 13.2 Å². The summed E-state index contributed by atoms with van der Waals surface area (Å²) in [7, 11) is 0. The molecule has 21 heavy (non-hydrogen) atoms. The van der Waals surface area contributed by atoms with Gasteiger partial charge in [-0.25, -0.2) is 9.82 Å². The van der Waals surface area contributed by atoms with Gasteiger partial charge in [0, 0.05) is 5.02 Å². The van der Waals surface area contributed by atoms with Crippen molar-refractivity contribution in [1.29, 1.82) is 0 Å². The second-order valence-corrected chi connectivity index (χ2v) is 5.08. The van der Waals surface area contributed by atoms with Gasteiger partial charge in [0.2, 0.25) is 0 Å². The number of hydrazine groups is 1. The van der Waals surface area contributed by atoms with E-state index in [9.17, 15) is 4.39 Å². The summed E-state index contributed by atoms with van der Waals surface area (Å²) in [4.78, 5) is 0. The molecule has 2 aromatic rings. The lowest BCUT2D eigenvalue weighted by Gasteiger charge is -2.22. The molecule has 0 spiro atoms. The zero-order valence-electron chi connectivity index (χ0n) is 11.1. The van der Waals surface area contributed by atoms with E-state index < -0.39 is 6.04 Å². The smallest absolute Gasteiger partial charge is 0.161 e. The van der Waals surface area contributed by atoms with Gasteiger partial charge in [-0.1, -0.05) is 17.7 Å². The van der Waals surface area contributed by atoms with E-state index in [1.54, 1.807) is 6.07 Å². The Bertz CT molecular complexity index is 666. The number of nitrogens with two attached hydrogens (primary N) is 1. The predicted molar refractivity (Wildman–Crippen MR) is 78.0 cm³/mol. The molecule has 1 aliphatic heterocycles. The van der Waals surface area contributed by atoms with Gasteiger partial charge in [0.15, 0.2) is 11.5 Å². The summed E-state index contributed by atoms with van der Waals surface area (Å²) in [6.45, 7) is 1.03. The van der Waals surface area contributed by atoms with Crippen LogP contribution in [0.3, 0.4) is 0 Å². The summed E-state index contributed by atoms with van der Waals surface area (Å²) in [6.07, 6.45) is 0. The van der Waals surface area contributed by atoms with E-state index in [4.69, 9.17) is 26.9 Å². The lowest BCUT2D eigenvalue weighted by Crippen LogP contribution is -2.29. The van der Waals surface area contributed by atoms with Crippen LogP contribution in [0.1, 0.15) is 17.2 Å². The number of fused-ring (bicyclic) bond motifs is 1. The molecule has 1 unspecified atom stereocenters. The van der Waals surface area contributed by atoms with Crippen molar-refractivity contribution < 1.29 is 13.9 Å². The maximum Gasteiger partial charge on any atom is 0.161 e. The molecule has 0 radical (unpaired) electrons. The number of halogens is 2. The van der Waals surface area contributed by atoms with Gasteiger partial charge in [0.1, 0.15) is 19.0 Å². The van der Waals surface area contributed by atoms with E-state index in [0.717, 1.165) is 5.56 Å². The molecule has 1 atom stereocenters. The Labute approximate surface area is 126 Å².